The number of thioether (sulfide) groups is 1. The van der Waals surface area contributed by atoms with Crippen LogP contribution >= 0.6 is 11.8 Å². The molecule has 1 atom stereocenters. The number of hydrogen-bond donors (Lipinski definition) is 2. The summed E-state index contributed by atoms with van der Waals surface area (Å²) in [6.45, 7) is 4.39. The van der Waals surface area contributed by atoms with Gasteiger partial charge in [-0.15, -0.1) is 0 Å². The first kappa shape index (κ1) is 12.8. The van der Waals surface area contributed by atoms with Crippen molar-refractivity contribution in [2.75, 3.05) is 25.4 Å². The third-order valence-electron chi connectivity index (χ3n) is 2.53. The summed E-state index contributed by atoms with van der Waals surface area (Å²) in [5.74, 6) is 1.42. The smallest absolute Gasteiger partial charge is 0.233 e. The largest absolute Gasteiger partial charge is 0.355 e. The third kappa shape index (κ3) is 6.05. The van der Waals surface area contributed by atoms with Crippen LogP contribution in [-0.4, -0.2) is 36.5 Å². The lowest BCUT2D eigenvalue weighted by Gasteiger charge is -2.10. The van der Waals surface area contributed by atoms with Crippen molar-refractivity contribution in [1.29, 1.82) is 0 Å². The minimum atomic E-state index is 0.131. The molecule has 3 nitrogen and oxygen atoms in total. The molecule has 0 radical (unpaired) electrons. The molecule has 1 aliphatic heterocycles. The van der Waals surface area contributed by atoms with E-state index in [1.165, 1.54) is 18.6 Å². The Labute approximate surface area is 96.8 Å². The van der Waals surface area contributed by atoms with E-state index in [0.29, 0.717) is 6.54 Å². The standard InChI is InChI=1S/C11H22N2OS/c1-2-3-6-13-11(14)9-12-8-10-5-4-7-15-10/h10,12H,2-9H2,1H3,(H,13,14). The number of carbonyl (C=O) groups is 1. The summed E-state index contributed by atoms with van der Waals surface area (Å²) in [5.41, 5.74) is 0. The van der Waals surface area contributed by atoms with Gasteiger partial charge in [0, 0.05) is 18.3 Å². The van der Waals surface area contributed by atoms with E-state index >= 15 is 0 Å². The van der Waals surface area contributed by atoms with Crippen molar-refractivity contribution in [1.82, 2.24) is 10.6 Å². The molecule has 0 bridgehead atoms. The normalized spacial score (nSPS) is 20.5. The molecule has 1 heterocycles. The first-order chi connectivity index (χ1) is 7.33. The highest BCUT2D eigenvalue weighted by atomic mass is 32.2. The summed E-state index contributed by atoms with van der Waals surface area (Å²) in [7, 11) is 0. The van der Waals surface area contributed by atoms with Gasteiger partial charge in [0.1, 0.15) is 0 Å². The Kier molecular flexibility index (Phi) is 6.85. The Morgan fingerprint density at radius 1 is 1.53 bits per heavy atom. The van der Waals surface area contributed by atoms with E-state index in [1.54, 1.807) is 0 Å². The summed E-state index contributed by atoms with van der Waals surface area (Å²) in [6.07, 6.45) is 4.84. The van der Waals surface area contributed by atoms with E-state index in [-0.39, 0.29) is 5.91 Å². The van der Waals surface area contributed by atoms with Crippen molar-refractivity contribution < 1.29 is 4.79 Å². The maximum atomic E-state index is 11.3. The average Bonchev–Trinajstić information content (AvgIpc) is 2.71. The van der Waals surface area contributed by atoms with Gasteiger partial charge < -0.3 is 10.6 Å². The van der Waals surface area contributed by atoms with Gasteiger partial charge in [0.05, 0.1) is 6.54 Å². The number of nitrogens with one attached hydrogen (secondary N) is 2. The maximum Gasteiger partial charge on any atom is 0.233 e. The Morgan fingerprint density at radius 2 is 2.40 bits per heavy atom. The fraction of sp³-hybridized carbons (Fsp3) is 0.909. The van der Waals surface area contributed by atoms with Crippen molar-refractivity contribution in [3.05, 3.63) is 0 Å². The second-order valence-electron chi connectivity index (χ2n) is 3.97. The van der Waals surface area contributed by atoms with Crippen molar-refractivity contribution in [3.63, 3.8) is 0 Å². The maximum absolute atomic E-state index is 11.3. The Bertz CT molecular complexity index is 181. The van der Waals surface area contributed by atoms with Crippen LogP contribution in [0.2, 0.25) is 0 Å². The summed E-state index contributed by atoms with van der Waals surface area (Å²) in [4.78, 5) is 11.3. The predicted molar refractivity (Wildman–Crippen MR) is 66.3 cm³/mol. The lowest BCUT2D eigenvalue weighted by atomic mass is 10.2. The lowest BCUT2D eigenvalue weighted by molar-refractivity contribution is -0.120. The number of hydrogen-bond acceptors (Lipinski definition) is 3. The fourth-order valence-electron chi connectivity index (χ4n) is 1.62. The molecular formula is C11H22N2OS. The van der Waals surface area contributed by atoms with Gasteiger partial charge in [-0.3, -0.25) is 4.79 Å². The van der Waals surface area contributed by atoms with Gasteiger partial charge in [-0.2, -0.15) is 11.8 Å². The number of unbranched alkanes of at least 4 members (excludes halogenated alkanes) is 1. The second kappa shape index (κ2) is 7.99. The first-order valence-electron chi connectivity index (χ1n) is 5.92. The SMILES string of the molecule is CCCCNC(=O)CNCC1CCCS1. The van der Waals surface area contributed by atoms with Gasteiger partial charge in [0.25, 0.3) is 0 Å². The van der Waals surface area contributed by atoms with Crippen molar-refractivity contribution in [2.45, 2.75) is 37.9 Å². The number of rotatable bonds is 7. The van der Waals surface area contributed by atoms with Gasteiger partial charge in [0.2, 0.25) is 5.91 Å². The molecule has 0 aliphatic carbocycles. The van der Waals surface area contributed by atoms with Crippen LogP contribution in [0.25, 0.3) is 0 Å². The molecule has 0 aromatic rings. The van der Waals surface area contributed by atoms with Gasteiger partial charge in [-0.25, -0.2) is 0 Å². The van der Waals surface area contributed by atoms with Crippen molar-refractivity contribution in [2.24, 2.45) is 0 Å². The van der Waals surface area contributed by atoms with Crippen molar-refractivity contribution in [3.8, 4) is 0 Å². The molecule has 2 N–H and O–H groups in total. The quantitative estimate of drug-likeness (QED) is 0.649. The van der Waals surface area contributed by atoms with Crippen LogP contribution in [0.3, 0.4) is 0 Å². The van der Waals surface area contributed by atoms with Gasteiger partial charge in [0.15, 0.2) is 0 Å². The number of carbonyl (C=O) groups excluding carboxylic acids is 1. The van der Waals surface area contributed by atoms with Crippen LogP contribution in [0.5, 0.6) is 0 Å². The molecule has 0 aromatic carbocycles. The molecular weight excluding hydrogens is 208 g/mol. The fourth-order valence-corrected chi connectivity index (χ4v) is 2.85. The van der Waals surface area contributed by atoms with Crippen LogP contribution in [0.1, 0.15) is 32.6 Å². The Morgan fingerprint density at radius 3 is 3.07 bits per heavy atom. The molecule has 1 amide bonds. The molecule has 88 valence electrons. The molecule has 15 heavy (non-hydrogen) atoms. The van der Waals surface area contributed by atoms with Gasteiger partial charge in [-0.1, -0.05) is 13.3 Å². The minimum Gasteiger partial charge on any atom is -0.355 e. The molecule has 1 saturated heterocycles. The zero-order chi connectivity index (χ0) is 10.9. The highest BCUT2D eigenvalue weighted by Gasteiger charge is 2.14. The van der Waals surface area contributed by atoms with E-state index < -0.39 is 0 Å². The average molecular weight is 230 g/mol. The van der Waals surface area contributed by atoms with Crippen LogP contribution in [0.4, 0.5) is 0 Å². The summed E-state index contributed by atoms with van der Waals surface area (Å²) in [5, 5.41) is 6.85. The molecule has 0 aromatic heterocycles. The first-order valence-corrected chi connectivity index (χ1v) is 6.97. The summed E-state index contributed by atoms with van der Waals surface area (Å²) < 4.78 is 0. The van der Waals surface area contributed by atoms with E-state index in [9.17, 15) is 4.79 Å². The zero-order valence-electron chi connectivity index (χ0n) is 9.55. The van der Waals surface area contributed by atoms with Crippen LogP contribution in [0.15, 0.2) is 0 Å². The summed E-state index contributed by atoms with van der Waals surface area (Å²) >= 11 is 2.02. The molecule has 1 rings (SSSR count). The van der Waals surface area contributed by atoms with Crippen LogP contribution in [0, 0.1) is 0 Å². The molecule has 0 spiro atoms. The van der Waals surface area contributed by atoms with E-state index in [4.69, 9.17) is 0 Å². The zero-order valence-corrected chi connectivity index (χ0v) is 10.4. The highest BCUT2D eigenvalue weighted by molar-refractivity contribution is 8.00. The van der Waals surface area contributed by atoms with Crippen LogP contribution in [-0.2, 0) is 4.79 Å². The summed E-state index contributed by atoms with van der Waals surface area (Å²) in [6, 6.07) is 0. The lowest BCUT2D eigenvalue weighted by Crippen LogP contribution is -2.36. The monoisotopic (exact) mass is 230 g/mol. The predicted octanol–water partition coefficient (Wildman–Crippen LogP) is 1.39. The third-order valence-corrected chi connectivity index (χ3v) is 3.93. The van der Waals surface area contributed by atoms with E-state index in [1.807, 2.05) is 11.8 Å². The molecule has 1 fully saturated rings. The van der Waals surface area contributed by atoms with Crippen molar-refractivity contribution >= 4 is 17.7 Å². The Balaban J connectivity index is 1.91. The molecule has 1 unspecified atom stereocenters. The minimum absolute atomic E-state index is 0.131. The molecule has 4 heteroatoms. The molecule has 1 aliphatic rings. The van der Waals surface area contributed by atoms with E-state index in [2.05, 4.69) is 17.6 Å². The highest BCUT2D eigenvalue weighted by Crippen LogP contribution is 2.24. The van der Waals surface area contributed by atoms with Crippen LogP contribution < -0.4 is 10.6 Å². The van der Waals surface area contributed by atoms with Gasteiger partial charge >= 0.3 is 0 Å². The topological polar surface area (TPSA) is 41.1 Å². The van der Waals surface area contributed by atoms with E-state index in [0.717, 1.165) is 31.2 Å². The molecule has 0 saturated carbocycles. The van der Waals surface area contributed by atoms with Gasteiger partial charge in [-0.05, 0) is 25.0 Å². The second-order valence-corrected chi connectivity index (χ2v) is 5.38. The number of amides is 1. The Hall–Kier alpha value is -0.220.